The summed E-state index contributed by atoms with van der Waals surface area (Å²) in [5.74, 6) is -0.523. The van der Waals surface area contributed by atoms with Gasteiger partial charge >= 0.3 is 27.3 Å². The van der Waals surface area contributed by atoms with Gasteiger partial charge in [0.2, 0.25) is 0 Å². The van der Waals surface area contributed by atoms with Crippen LogP contribution in [-0.2, 0) is 29.1 Å². The Balaban J connectivity index is 1.95. The maximum absolute atomic E-state index is 13.9. The topological polar surface area (TPSA) is 140 Å². The van der Waals surface area contributed by atoms with E-state index >= 15 is 0 Å². The van der Waals surface area contributed by atoms with Crippen molar-refractivity contribution in [2.45, 2.75) is 81.5 Å². The zero-order valence-electron chi connectivity index (χ0n) is 17.4. The molecule has 1 unspecified atom stereocenters. The van der Waals surface area contributed by atoms with Gasteiger partial charge in [-0.2, -0.15) is 17.2 Å². The van der Waals surface area contributed by atoms with Crippen molar-refractivity contribution in [3.8, 4) is 0 Å². The predicted molar refractivity (Wildman–Crippen MR) is 103 cm³/mol. The Bertz CT molecular complexity index is 672. The van der Waals surface area contributed by atoms with Crippen LogP contribution in [0.5, 0.6) is 0 Å². The number of ether oxygens (including phenoxy) is 3. The van der Waals surface area contributed by atoms with Gasteiger partial charge in [-0.1, -0.05) is 38.5 Å². The van der Waals surface area contributed by atoms with E-state index in [9.17, 15) is 22.0 Å². The van der Waals surface area contributed by atoms with E-state index < -0.39 is 46.6 Å². The van der Waals surface area contributed by atoms with Crippen molar-refractivity contribution in [3.63, 3.8) is 0 Å². The number of carbonyl (C=O) groups is 1. The second kappa shape index (κ2) is 11.3. The summed E-state index contributed by atoms with van der Waals surface area (Å²) >= 11 is 0. The molecule has 31 heavy (non-hydrogen) atoms. The molecule has 3 N–H and O–H groups in total. The van der Waals surface area contributed by atoms with E-state index in [4.69, 9.17) is 24.2 Å². The molecule has 0 heterocycles. The first-order valence-corrected chi connectivity index (χ1v) is 12.1. The first-order valence-electron chi connectivity index (χ1n) is 10.7. The molecule has 0 aliphatic heterocycles. The zero-order valence-corrected chi connectivity index (χ0v) is 18.2. The first-order chi connectivity index (χ1) is 14.4. The average molecular weight is 475 g/mol. The molecule has 2 aliphatic rings. The molecular weight excluding hydrogens is 442 g/mol. The lowest BCUT2D eigenvalue weighted by Gasteiger charge is -2.30. The van der Waals surface area contributed by atoms with E-state index in [1.54, 1.807) is 0 Å². The monoisotopic (exact) mass is 474 g/mol. The number of carbonyl (C=O) groups excluding carboxylic acids is 1. The standard InChI is InChI=1S/C19H32F2O9S/c20-18(21,19(23,24)31(25,26)27)30-13-16(28-11-14-7-3-1-4-8-14)12-29-17(22)15-9-5-2-6-10-15/h14-16,23-24H,1-13H2,(H,25,26,27). The van der Waals surface area contributed by atoms with Crippen LogP contribution in [0.1, 0.15) is 64.2 Å². The number of hydrogen-bond acceptors (Lipinski definition) is 8. The van der Waals surface area contributed by atoms with Crippen molar-refractivity contribution in [2.75, 3.05) is 19.8 Å². The third kappa shape index (κ3) is 7.57. The van der Waals surface area contributed by atoms with Crippen molar-refractivity contribution < 1.29 is 51.0 Å². The zero-order chi connectivity index (χ0) is 23.1. The smallest absolute Gasteiger partial charge is 0.428 e. The summed E-state index contributed by atoms with van der Waals surface area (Å²) in [5, 5.41) is 13.4. The Hall–Kier alpha value is -0.920. The summed E-state index contributed by atoms with van der Waals surface area (Å²) < 4.78 is 73.1. The van der Waals surface area contributed by atoms with Gasteiger partial charge in [-0.15, -0.1) is 0 Å². The van der Waals surface area contributed by atoms with E-state index in [0.717, 1.165) is 51.4 Å². The second-order valence-corrected chi connectivity index (χ2v) is 9.85. The molecule has 12 heteroatoms. The minimum atomic E-state index is -5.97. The van der Waals surface area contributed by atoms with Crippen molar-refractivity contribution in [1.82, 2.24) is 0 Å². The van der Waals surface area contributed by atoms with Crippen LogP contribution < -0.4 is 0 Å². The van der Waals surface area contributed by atoms with E-state index in [-0.39, 0.29) is 18.4 Å². The van der Waals surface area contributed by atoms with E-state index in [1.807, 2.05) is 0 Å². The summed E-state index contributed by atoms with van der Waals surface area (Å²) in [6.07, 6.45) is 2.96. The maximum Gasteiger partial charge on any atom is 0.428 e. The molecular formula is C19H32F2O9S. The summed E-state index contributed by atoms with van der Waals surface area (Å²) in [5.41, 5.74) is 0. The third-order valence-corrected chi connectivity index (χ3v) is 6.79. The lowest BCUT2D eigenvalue weighted by atomic mass is 9.89. The van der Waals surface area contributed by atoms with Crippen LogP contribution in [0.4, 0.5) is 8.78 Å². The summed E-state index contributed by atoms with van der Waals surface area (Å²) in [7, 11) is -5.97. The molecule has 0 aromatic heterocycles. The molecule has 2 aliphatic carbocycles. The molecule has 0 radical (unpaired) electrons. The van der Waals surface area contributed by atoms with Crippen LogP contribution in [-0.4, -0.2) is 66.3 Å². The minimum Gasteiger partial charge on any atom is -0.463 e. The molecule has 2 saturated carbocycles. The molecule has 0 bridgehead atoms. The fourth-order valence-electron chi connectivity index (χ4n) is 3.84. The highest BCUT2D eigenvalue weighted by Gasteiger charge is 2.63. The molecule has 0 amide bonds. The molecule has 0 saturated heterocycles. The maximum atomic E-state index is 13.9. The van der Waals surface area contributed by atoms with E-state index in [2.05, 4.69) is 4.74 Å². The lowest BCUT2D eigenvalue weighted by Crippen LogP contribution is -2.56. The van der Waals surface area contributed by atoms with Gasteiger partial charge in [-0.3, -0.25) is 9.35 Å². The van der Waals surface area contributed by atoms with Gasteiger partial charge < -0.3 is 24.4 Å². The summed E-state index contributed by atoms with van der Waals surface area (Å²) in [6, 6.07) is 0. The van der Waals surface area contributed by atoms with Gasteiger partial charge in [-0.05, 0) is 31.6 Å². The molecule has 2 fully saturated rings. The van der Waals surface area contributed by atoms with Crippen LogP contribution in [0.15, 0.2) is 0 Å². The van der Waals surface area contributed by atoms with Crippen LogP contribution in [0.2, 0.25) is 0 Å². The number of alkyl halides is 2. The van der Waals surface area contributed by atoms with Gasteiger partial charge in [0.15, 0.2) is 0 Å². The molecule has 9 nitrogen and oxygen atoms in total. The second-order valence-electron chi connectivity index (χ2n) is 8.34. The van der Waals surface area contributed by atoms with Crippen LogP contribution >= 0.6 is 0 Å². The van der Waals surface area contributed by atoms with Gasteiger partial charge in [-0.25, -0.2) is 0 Å². The number of aliphatic hydroxyl groups is 2. The van der Waals surface area contributed by atoms with Crippen molar-refractivity contribution in [1.29, 1.82) is 0 Å². The minimum absolute atomic E-state index is 0.207. The van der Waals surface area contributed by atoms with Crippen LogP contribution in [0.3, 0.4) is 0 Å². The Morgan fingerprint density at radius 3 is 2.06 bits per heavy atom. The number of hydrogen-bond donors (Lipinski definition) is 3. The van der Waals surface area contributed by atoms with E-state index in [0.29, 0.717) is 12.8 Å². The molecule has 2 rings (SSSR count). The van der Waals surface area contributed by atoms with E-state index in [1.165, 1.54) is 0 Å². The molecule has 0 aromatic rings. The highest BCUT2D eigenvalue weighted by Crippen LogP contribution is 2.32. The molecule has 0 aromatic carbocycles. The highest BCUT2D eigenvalue weighted by molar-refractivity contribution is 7.86. The molecule has 1 atom stereocenters. The summed E-state index contributed by atoms with van der Waals surface area (Å²) in [4.78, 5) is 12.2. The Morgan fingerprint density at radius 2 is 1.52 bits per heavy atom. The van der Waals surface area contributed by atoms with Crippen molar-refractivity contribution >= 4 is 16.1 Å². The Labute approximate surface area is 180 Å². The molecule has 0 spiro atoms. The van der Waals surface area contributed by atoms with Crippen LogP contribution in [0, 0.1) is 11.8 Å². The third-order valence-electron chi connectivity index (χ3n) is 5.83. The SMILES string of the molecule is O=C(OCC(COC(F)(F)C(O)(O)S(=O)(=O)O)OCC1CCCCC1)C1CCCCC1. The number of rotatable bonds is 11. The fourth-order valence-corrected chi connectivity index (χ4v) is 4.20. The number of esters is 1. The quantitative estimate of drug-likeness (QED) is 0.234. The van der Waals surface area contributed by atoms with Crippen molar-refractivity contribution in [3.05, 3.63) is 0 Å². The van der Waals surface area contributed by atoms with Gasteiger partial charge in [0.25, 0.3) is 0 Å². The highest BCUT2D eigenvalue weighted by atomic mass is 32.2. The fraction of sp³-hybridized carbons (Fsp3) is 0.947. The van der Waals surface area contributed by atoms with Crippen molar-refractivity contribution in [2.24, 2.45) is 11.8 Å². The Kier molecular flexibility index (Phi) is 9.58. The molecule has 182 valence electrons. The normalized spacial score (nSPS) is 21.1. The lowest BCUT2D eigenvalue weighted by molar-refractivity contribution is -0.366. The van der Waals surface area contributed by atoms with Gasteiger partial charge in [0, 0.05) is 0 Å². The largest absolute Gasteiger partial charge is 0.463 e. The average Bonchev–Trinajstić information content (AvgIpc) is 2.73. The van der Waals surface area contributed by atoms with Gasteiger partial charge in [0.1, 0.15) is 12.7 Å². The van der Waals surface area contributed by atoms with Crippen LogP contribution in [0.25, 0.3) is 0 Å². The van der Waals surface area contributed by atoms with Gasteiger partial charge in [0.05, 0.1) is 19.1 Å². The Morgan fingerprint density at radius 1 is 0.968 bits per heavy atom. The summed E-state index contributed by atoms with van der Waals surface area (Å²) in [6.45, 7) is -1.19. The number of halogens is 2. The predicted octanol–water partition coefficient (Wildman–Crippen LogP) is 2.21. The first kappa shape index (κ1) is 26.3.